The maximum absolute atomic E-state index is 11.0. The van der Waals surface area contributed by atoms with E-state index in [1.54, 1.807) is 0 Å². The second-order valence-corrected chi connectivity index (χ2v) is 6.17. The van der Waals surface area contributed by atoms with E-state index >= 15 is 0 Å². The molecule has 0 unspecified atom stereocenters. The number of rotatable bonds is 5. The van der Waals surface area contributed by atoms with Crippen LogP contribution in [-0.4, -0.2) is 32.4 Å². The van der Waals surface area contributed by atoms with Crippen molar-refractivity contribution < 1.29 is 13.5 Å². The maximum Gasteiger partial charge on any atom is 0.213 e. The summed E-state index contributed by atoms with van der Waals surface area (Å²) in [7, 11) is -3.25. The minimum absolute atomic E-state index is 0.127. The second kappa shape index (κ2) is 4.93. The van der Waals surface area contributed by atoms with Gasteiger partial charge >= 0.3 is 0 Å². The third kappa shape index (κ3) is 8.21. The summed E-state index contributed by atoms with van der Waals surface area (Å²) < 4.78 is 24.5. The van der Waals surface area contributed by atoms with Gasteiger partial charge in [0, 0.05) is 6.54 Å². The highest BCUT2D eigenvalue weighted by Gasteiger charge is 2.13. The van der Waals surface area contributed by atoms with E-state index in [0.717, 1.165) is 6.42 Å². The molecule has 0 amide bonds. The number of sulfonamides is 1. The number of hydrogen-bond donors (Lipinski definition) is 2. The largest absolute Gasteiger partial charge is 0.395 e. The third-order valence-corrected chi connectivity index (χ3v) is 2.92. The van der Waals surface area contributed by atoms with Crippen molar-refractivity contribution in [3.8, 4) is 0 Å². The highest BCUT2D eigenvalue weighted by atomic mass is 32.2. The van der Waals surface area contributed by atoms with Crippen LogP contribution in [0.4, 0.5) is 0 Å². The van der Waals surface area contributed by atoms with Gasteiger partial charge in [0.2, 0.25) is 10.0 Å². The van der Waals surface area contributed by atoms with Crippen LogP contribution in [0.5, 0.6) is 0 Å². The SMILES string of the molecule is CC(C)(C)CCNS(=O)(=O)CCO. The van der Waals surface area contributed by atoms with E-state index in [4.69, 9.17) is 5.11 Å². The average Bonchev–Trinajstić information content (AvgIpc) is 1.82. The molecule has 0 aromatic heterocycles. The molecule has 0 saturated heterocycles. The molecule has 0 bridgehead atoms. The van der Waals surface area contributed by atoms with Crippen molar-refractivity contribution >= 4 is 10.0 Å². The molecule has 0 saturated carbocycles. The topological polar surface area (TPSA) is 66.4 Å². The molecule has 5 heteroatoms. The van der Waals surface area contributed by atoms with Gasteiger partial charge < -0.3 is 5.11 Å². The van der Waals surface area contributed by atoms with Crippen molar-refractivity contribution in [3.63, 3.8) is 0 Å². The van der Waals surface area contributed by atoms with Gasteiger partial charge in [0.15, 0.2) is 0 Å². The molecule has 80 valence electrons. The zero-order chi connectivity index (χ0) is 10.5. The van der Waals surface area contributed by atoms with Crippen LogP contribution in [0.1, 0.15) is 27.2 Å². The Bertz CT molecular complexity index is 228. The van der Waals surface area contributed by atoms with E-state index in [1.165, 1.54) is 0 Å². The van der Waals surface area contributed by atoms with E-state index in [-0.39, 0.29) is 17.8 Å². The molecule has 0 radical (unpaired) electrons. The van der Waals surface area contributed by atoms with Gasteiger partial charge in [-0.05, 0) is 11.8 Å². The first-order chi connectivity index (χ1) is 5.77. The molecule has 4 nitrogen and oxygen atoms in total. The Labute approximate surface area is 80.4 Å². The number of nitrogens with one attached hydrogen (secondary N) is 1. The Morgan fingerprint density at radius 3 is 2.23 bits per heavy atom. The molecule has 2 N–H and O–H groups in total. The minimum Gasteiger partial charge on any atom is -0.395 e. The Kier molecular flexibility index (Phi) is 4.88. The van der Waals surface area contributed by atoms with E-state index in [2.05, 4.69) is 4.72 Å². The van der Waals surface area contributed by atoms with Gasteiger partial charge in [0.1, 0.15) is 0 Å². The normalized spacial score (nSPS) is 13.2. The summed E-state index contributed by atoms with van der Waals surface area (Å²) in [5.74, 6) is -0.211. The van der Waals surface area contributed by atoms with Crippen molar-refractivity contribution in [2.75, 3.05) is 18.9 Å². The first-order valence-corrected chi connectivity index (χ1v) is 6.00. The van der Waals surface area contributed by atoms with Crippen molar-refractivity contribution in [1.82, 2.24) is 4.72 Å². The lowest BCUT2D eigenvalue weighted by molar-refractivity contribution is 0.318. The predicted molar refractivity (Wildman–Crippen MR) is 52.9 cm³/mol. The first kappa shape index (κ1) is 12.9. The zero-order valence-corrected chi connectivity index (χ0v) is 9.32. The fourth-order valence-electron chi connectivity index (χ4n) is 0.774. The van der Waals surface area contributed by atoms with E-state index in [0.29, 0.717) is 6.54 Å². The van der Waals surface area contributed by atoms with Crippen LogP contribution in [0.25, 0.3) is 0 Å². The van der Waals surface area contributed by atoms with Crippen molar-refractivity contribution in [1.29, 1.82) is 0 Å². The lowest BCUT2D eigenvalue weighted by Crippen LogP contribution is -2.30. The molecule has 13 heavy (non-hydrogen) atoms. The monoisotopic (exact) mass is 209 g/mol. The number of aliphatic hydroxyl groups is 1. The molecule has 0 aromatic carbocycles. The van der Waals surface area contributed by atoms with Gasteiger partial charge in [0.25, 0.3) is 0 Å². The molecule has 0 fully saturated rings. The smallest absolute Gasteiger partial charge is 0.213 e. The standard InChI is InChI=1S/C8H19NO3S/c1-8(2,3)4-5-9-13(11,12)7-6-10/h9-10H,4-7H2,1-3H3. The Morgan fingerprint density at radius 2 is 1.85 bits per heavy atom. The second-order valence-electron chi connectivity index (χ2n) is 4.25. The van der Waals surface area contributed by atoms with Crippen molar-refractivity contribution in [2.24, 2.45) is 5.41 Å². The first-order valence-electron chi connectivity index (χ1n) is 4.35. The molecular formula is C8H19NO3S. The molecule has 0 aromatic rings. The number of aliphatic hydroxyl groups excluding tert-OH is 1. The predicted octanol–water partition coefficient (Wildman–Crippen LogP) is 0.334. The Hall–Kier alpha value is -0.130. The molecule has 0 spiro atoms. The lowest BCUT2D eigenvalue weighted by atomic mass is 9.93. The zero-order valence-electron chi connectivity index (χ0n) is 8.50. The summed E-state index contributed by atoms with van der Waals surface area (Å²) >= 11 is 0. The highest BCUT2D eigenvalue weighted by Crippen LogP contribution is 2.16. The molecular weight excluding hydrogens is 190 g/mol. The van der Waals surface area contributed by atoms with E-state index in [1.807, 2.05) is 20.8 Å². The molecule has 0 rings (SSSR count). The summed E-state index contributed by atoms with van der Waals surface area (Å²) in [5.41, 5.74) is 0.127. The summed E-state index contributed by atoms with van der Waals surface area (Å²) in [4.78, 5) is 0. The number of hydrogen-bond acceptors (Lipinski definition) is 3. The van der Waals surface area contributed by atoms with Crippen LogP contribution in [0.15, 0.2) is 0 Å². The summed E-state index contributed by atoms with van der Waals surface area (Å²) in [5, 5.41) is 8.44. The van der Waals surface area contributed by atoms with Crippen LogP contribution in [0, 0.1) is 5.41 Å². The molecule has 0 aliphatic rings. The lowest BCUT2D eigenvalue weighted by Gasteiger charge is -2.17. The van der Waals surface area contributed by atoms with Crippen LogP contribution < -0.4 is 4.72 Å². The fraction of sp³-hybridized carbons (Fsp3) is 1.00. The summed E-state index contributed by atoms with van der Waals surface area (Å²) in [6, 6.07) is 0. The molecule has 0 aliphatic heterocycles. The highest BCUT2D eigenvalue weighted by molar-refractivity contribution is 7.89. The van der Waals surface area contributed by atoms with Crippen molar-refractivity contribution in [2.45, 2.75) is 27.2 Å². The van der Waals surface area contributed by atoms with Gasteiger partial charge in [-0.25, -0.2) is 13.1 Å². The average molecular weight is 209 g/mol. The quantitative estimate of drug-likeness (QED) is 0.686. The minimum atomic E-state index is -3.25. The van der Waals surface area contributed by atoms with E-state index < -0.39 is 10.0 Å². The molecule has 0 aliphatic carbocycles. The maximum atomic E-state index is 11.0. The third-order valence-electron chi connectivity index (χ3n) is 1.56. The van der Waals surface area contributed by atoms with Gasteiger partial charge in [-0.15, -0.1) is 0 Å². The van der Waals surface area contributed by atoms with Gasteiger partial charge in [0.05, 0.1) is 12.4 Å². The van der Waals surface area contributed by atoms with Crippen LogP contribution >= 0.6 is 0 Å². The van der Waals surface area contributed by atoms with Gasteiger partial charge in [-0.3, -0.25) is 0 Å². The molecule has 0 heterocycles. The van der Waals surface area contributed by atoms with Crippen LogP contribution in [0.3, 0.4) is 0 Å². The van der Waals surface area contributed by atoms with E-state index in [9.17, 15) is 8.42 Å². The Morgan fingerprint density at radius 1 is 1.31 bits per heavy atom. The summed E-state index contributed by atoms with van der Waals surface area (Å²) in [6.07, 6.45) is 0.789. The fourth-order valence-corrected chi connectivity index (χ4v) is 1.57. The van der Waals surface area contributed by atoms with Crippen LogP contribution in [0.2, 0.25) is 0 Å². The van der Waals surface area contributed by atoms with Crippen LogP contribution in [-0.2, 0) is 10.0 Å². The van der Waals surface area contributed by atoms with Gasteiger partial charge in [-0.2, -0.15) is 0 Å². The summed E-state index contributed by atoms with van der Waals surface area (Å²) in [6.45, 7) is 6.25. The Balaban J connectivity index is 3.77. The van der Waals surface area contributed by atoms with Crippen molar-refractivity contribution in [3.05, 3.63) is 0 Å². The molecule has 0 atom stereocenters. The van der Waals surface area contributed by atoms with Gasteiger partial charge in [-0.1, -0.05) is 20.8 Å².